The number of carbonyl (C=O) groups excluding carboxylic acids is 1. The molecular weight excluding hydrogens is 398 g/mol. The number of carbonyl (C=O) groups is 1. The van der Waals surface area contributed by atoms with Crippen LogP contribution in [0.3, 0.4) is 0 Å². The fraction of sp³-hybridized carbons (Fsp3) is 0.111. The minimum Gasteiger partial charge on any atom is -0.493 e. The molecule has 1 N–H and O–H groups in total. The van der Waals surface area contributed by atoms with Gasteiger partial charge in [-0.15, -0.1) is 0 Å². The molecule has 2 aromatic heterocycles. The average molecular weight is 422 g/mol. The number of benzene rings is 3. The van der Waals surface area contributed by atoms with E-state index in [4.69, 9.17) is 9.72 Å². The fourth-order valence-corrected chi connectivity index (χ4v) is 3.90. The minimum absolute atomic E-state index is 0.193. The van der Waals surface area contributed by atoms with E-state index < -0.39 is 0 Å². The van der Waals surface area contributed by atoms with Gasteiger partial charge in [0.25, 0.3) is 5.91 Å². The van der Waals surface area contributed by atoms with Crippen LogP contribution in [0.4, 0.5) is 5.69 Å². The summed E-state index contributed by atoms with van der Waals surface area (Å²) in [6.07, 6.45) is 4.02. The zero-order valence-electron chi connectivity index (χ0n) is 18.0. The van der Waals surface area contributed by atoms with E-state index in [-0.39, 0.29) is 5.91 Å². The summed E-state index contributed by atoms with van der Waals surface area (Å²) in [5, 5.41) is 4.88. The third-order valence-corrected chi connectivity index (χ3v) is 5.47. The highest BCUT2D eigenvalue weighted by Crippen LogP contribution is 2.29. The maximum Gasteiger partial charge on any atom is 0.260 e. The topological polar surface area (TPSA) is 55.6 Å². The monoisotopic (exact) mass is 421 g/mol. The summed E-state index contributed by atoms with van der Waals surface area (Å²) < 4.78 is 7.75. The van der Waals surface area contributed by atoms with Gasteiger partial charge >= 0.3 is 0 Å². The van der Waals surface area contributed by atoms with Gasteiger partial charge in [-0.05, 0) is 60.5 Å². The zero-order chi connectivity index (χ0) is 22.1. The molecule has 5 heteroatoms. The van der Waals surface area contributed by atoms with Crippen molar-refractivity contribution < 1.29 is 9.53 Å². The second-order valence-corrected chi connectivity index (χ2v) is 7.72. The lowest BCUT2D eigenvalue weighted by Crippen LogP contribution is -2.14. The number of amides is 1. The van der Waals surface area contributed by atoms with Crippen molar-refractivity contribution in [2.75, 3.05) is 11.9 Å². The number of aromatic nitrogens is 2. The molecule has 0 atom stereocenters. The maximum atomic E-state index is 13.2. The van der Waals surface area contributed by atoms with Gasteiger partial charge in [-0.2, -0.15) is 0 Å². The Hall–Kier alpha value is -4.12. The molecule has 0 aliphatic rings. The number of hydrogen-bond acceptors (Lipinski definition) is 3. The number of aryl methyl sites for hydroxylation is 1. The predicted octanol–water partition coefficient (Wildman–Crippen LogP) is 6.11. The molecular formula is C27H23N3O2. The van der Waals surface area contributed by atoms with Crippen LogP contribution in [-0.4, -0.2) is 21.9 Å². The Labute approximate surface area is 186 Å². The van der Waals surface area contributed by atoms with Crippen LogP contribution in [0, 0.1) is 6.92 Å². The number of imidazole rings is 1. The van der Waals surface area contributed by atoms with Crippen molar-refractivity contribution in [3.63, 3.8) is 0 Å². The molecule has 5 rings (SSSR count). The van der Waals surface area contributed by atoms with E-state index in [1.54, 1.807) is 0 Å². The Balaban J connectivity index is 1.43. The van der Waals surface area contributed by atoms with Crippen LogP contribution in [0.15, 0.2) is 85.2 Å². The molecule has 0 saturated heterocycles. The quantitative estimate of drug-likeness (QED) is 0.372. The minimum atomic E-state index is -0.193. The highest BCUT2D eigenvalue weighted by atomic mass is 16.5. The summed E-state index contributed by atoms with van der Waals surface area (Å²) >= 11 is 0. The first kappa shape index (κ1) is 19.8. The van der Waals surface area contributed by atoms with Crippen LogP contribution in [0.5, 0.6) is 5.75 Å². The Morgan fingerprint density at radius 2 is 1.84 bits per heavy atom. The smallest absolute Gasteiger partial charge is 0.260 e. The van der Waals surface area contributed by atoms with Crippen LogP contribution in [0.1, 0.15) is 22.8 Å². The Bertz CT molecular complexity index is 1440. The number of anilines is 1. The molecule has 0 saturated carbocycles. The maximum absolute atomic E-state index is 13.2. The summed E-state index contributed by atoms with van der Waals surface area (Å²) in [6.45, 7) is 4.46. The Morgan fingerprint density at radius 1 is 1.03 bits per heavy atom. The van der Waals surface area contributed by atoms with E-state index in [9.17, 15) is 4.79 Å². The van der Waals surface area contributed by atoms with E-state index in [0.29, 0.717) is 23.6 Å². The molecule has 0 fully saturated rings. The lowest BCUT2D eigenvalue weighted by atomic mass is 10.0. The van der Waals surface area contributed by atoms with Crippen molar-refractivity contribution in [3.05, 3.63) is 96.3 Å². The van der Waals surface area contributed by atoms with Crippen LogP contribution in [-0.2, 0) is 0 Å². The molecule has 158 valence electrons. The molecule has 0 aliphatic carbocycles. The number of nitrogens with zero attached hydrogens (tertiary/aromatic N) is 2. The van der Waals surface area contributed by atoms with Crippen molar-refractivity contribution in [3.8, 4) is 17.0 Å². The standard InChI is InChI=1S/C27H23N3O2/c1-3-32-24-13-10-19-6-4-5-7-22(19)26(24)27(31)28-21-11-8-20(9-12-21)23-17-30-15-14-18(2)16-25(30)29-23/h4-17H,3H2,1-2H3,(H,28,31). The highest BCUT2D eigenvalue weighted by molar-refractivity contribution is 6.15. The van der Waals surface area contributed by atoms with Gasteiger partial charge in [-0.25, -0.2) is 4.98 Å². The molecule has 32 heavy (non-hydrogen) atoms. The van der Waals surface area contributed by atoms with Crippen LogP contribution in [0.2, 0.25) is 0 Å². The summed E-state index contributed by atoms with van der Waals surface area (Å²) in [5.74, 6) is 0.390. The van der Waals surface area contributed by atoms with Gasteiger partial charge in [-0.1, -0.05) is 42.5 Å². The van der Waals surface area contributed by atoms with E-state index in [2.05, 4.69) is 24.4 Å². The van der Waals surface area contributed by atoms with Crippen molar-refractivity contribution >= 4 is 28.0 Å². The third kappa shape index (κ3) is 3.69. The lowest BCUT2D eigenvalue weighted by Gasteiger charge is -2.13. The molecule has 0 aliphatic heterocycles. The fourth-order valence-electron chi connectivity index (χ4n) is 3.90. The molecule has 0 radical (unpaired) electrons. The van der Waals surface area contributed by atoms with Crippen molar-refractivity contribution in [2.45, 2.75) is 13.8 Å². The molecule has 1 amide bonds. The van der Waals surface area contributed by atoms with Gasteiger partial charge in [0.2, 0.25) is 0 Å². The summed E-state index contributed by atoms with van der Waals surface area (Å²) in [7, 11) is 0. The number of hydrogen-bond donors (Lipinski definition) is 1. The summed E-state index contributed by atoms with van der Waals surface area (Å²) in [6, 6.07) is 23.5. The number of fused-ring (bicyclic) bond motifs is 2. The Morgan fingerprint density at radius 3 is 2.66 bits per heavy atom. The lowest BCUT2D eigenvalue weighted by molar-refractivity contribution is 0.102. The van der Waals surface area contributed by atoms with Crippen molar-refractivity contribution in [1.29, 1.82) is 0 Å². The third-order valence-electron chi connectivity index (χ3n) is 5.47. The molecule has 5 aromatic rings. The normalized spacial score (nSPS) is 11.1. The molecule has 3 aromatic carbocycles. The summed E-state index contributed by atoms with van der Waals surface area (Å²) in [4.78, 5) is 17.9. The van der Waals surface area contributed by atoms with Gasteiger partial charge < -0.3 is 14.5 Å². The first-order valence-corrected chi connectivity index (χ1v) is 10.6. The highest BCUT2D eigenvalue weighted by Gasteiger charge is 2.17. The van der Waals surface area contributed by atoms with Crippen LogP contribution in [0.25, 0.3) is 27.7 Å². The van der Waals surface area contributed by atoms with Gasteiger partial charge in [0, 0.05) is 23.6 Å². The summed E-state index contributed by atoms with van der Waals surface area (Å²) in [5.41, 5.74) is 5.23. The zero-order valence-corrected chi connectivity index (χ0v) is 18.0. The first-order valence-electron chi connectivity index (χ1n) is 10.6. The van der Waals surface area contributed by atoms with Gasteiger partial charge in [0.1, 0.15) is 11.4 Å². The number of ether oxygens (including phenoxy) is 1. The average Bonchev–Trinajstić information content (AvgIpc) is 3.22. The van der Waals surface area contributed by atoms with Gasteiger partial charge in [-0.3, -0.25) is 4.79 Å². The number of rotatable bonds is 5. The van der Waals surface area contributed by atoms with Crippen molar-refractivity contribution in [2.24, 2.45) is 0 Å². The molecule has 2 heterocycles. The van der Waals surface area contributed by atoms with E-state index in [0.717, 1.165) is 27.7 Å². The number of nitrogens with one attached hydrogen (secondary N) is 1. The second kappa shape index (κ2) is 8.19. The van der Waals surface area contributed by atoms with E-state index in [1.807, 2.05) is 84.4 Å². The molecule has 0 unspecified atom stereocenters. The van der Waals surface area contributed by atoms with Crippen molar-refractivity contribution in [1.82, 2.24) is 9.38 Å². The molecule has 0 spiro atoms. The second-order valence-electron chi connectivity index (χ2n) is 7.72. The van der Waals surface area contributed by atoms with E-state index >= 15 is 0 Å². The largest absolute Gasteiger partial charge is 0.493 e. The predicted molar refractivity (Wildman–Crippen MR) is 128 cm³/mol. The van der Waals surface area contributed by atoms with Crippen LogP contribution < -0.4 is 10.1 Å². The van der Waals surface area contributed by atoms with Gasteiger partial charge in [0.05, 0.1) is 17.9 Å². The van der Waals surface area contributed by atoms with Crippen LogP contribution >= 0.6 is 0 Å². The van der Waals surface area contributed by atoms with E-state index in [1.165, 1.54) is 5.56 Å². The van der Waals surface area contributed by atoms with Gasteiger partial charge in [0.15, 0.2) is 0 Å². The number of pyridine rings is 1. The molecule has 0 bridgehead atoms. The first-order chi connectivity index (χ1) is 15.6. The SMILES string of the molecule is CCOc1ccc2ccccc2c1C(=O)Nc1ccc(-c2cn3ccc(C)cc3n2)cc1. The Kier molecular flexibility index (Phi) is 5.07. The molecule has 5 nitrogen and oxygen atoms in total.